The maximum Gasteiger partial charge on any atom is 0.251 e. The van der Waals surface area contributed by atoms with E-state index in [1.165, 1.54) is 11.8 Å². The highest BCUT2D eigenvalue weighted by Gasteiger charge is 2.44. The van der Waals surface area contributed by atoms with Gasteiger partial charge in [0.25, 0.3) is 5.91 Å². The second-order valence-electron chi connectivity index (χ2n) is 4.81. The summed E-state index contributed by atoms with van der Waals surface area (Å²) in [6, 6.07) is 7.63. The fourth-order valence-corrected chi connectivity index (χ4v) is 2.98. The number of rotatable bonds is 4. The molecule has 0 aromatic heterocycles. The van der Waals surface area contributed by atoms with Gasteiger partial charge in [0, 0.05) is 5.56 Å². The predicted molar refractivity (Wildman–Crippen MR) is 79.0 cm³/mol. The van der Waals surface area contributed by atoms with Crippen molar-refractivity contribution >= 4 is 17.7 Å². The van der Waals surface area contributed by atoms with Gasteiger partial charge in [-0.3, -0.25) is 4.79 Å². The van der Waals surface area contributed by atoms with Gasteiger partial charge in [0.15, 0.2) is 0 Å². The van der Waals surface area contributed by atoms with Crippen LogP contribution in [0.4, 0.5) is 0 Å². The van der Waals surface area contributed by atoms with Crippen LogP contribution in [0.15, 0.2) is 30.3 Å². The Morgan fingerprint density at radius 1 is 1.29 bits per heavy atom. The van der Waals surface area contributed by atoms with Crippen LogP contribution in [0.3, 0.4) is 0 Å². The Balaban J connectivity index is 2.13. The zero-order valence-electron chi connectivity index (χ0n) is 11.5. The standard InChI is InChI=1S/C14H19NO5S/c1-21-14-12(18)10(11(17)9(7-16)20-14)15-13(19)8-5-3-2-4-6-8/h2-6,9-12,14,16-18H,7H2,1H3,(H,15,19). The number of benzene rings is 1. The van der Waals surface area contributed by atoms with Gasteiger partial charge in [0.05, 0.1) is 12.6 Å². The highest BCUT2D eigenvalue weighted by Crippen LogP contribution is 2.27. The van der Waals surface area contributed by atoms with E-state index in [1.54, 1.807) is 36.6 Å². The molecule has 1 heterocycles. The molecule has 5 atom stereocenters. The molecule has 0 bridgehead atoms. The number of ether oxygens (including phenoxy) is 1. The summed E-state index contributed by atoms with van der Waals surface area (Å²) in [5, 5.41) is 32.2. The van der Waals surface area contributed by atoms with E-state index in [1.807, 2.05) is 0 Å². The van der Waals surface area contributed by atoms with Gasteiger partial charge in [-0.05, 0) is 18.4 Å². The zero-order chi connectivity index (χ0) is 15.4. The summed E-state index contributed by atoms with van der Waals surface area (Å²) in [7, 11) is 0. The Bertz CT molecular complexity index is 456. The fourth-order valence-electron chi connectivity index (χ4n) is 2.28. The van der Waals surface area contributed by atoms with Crippen molar-refractivity contribution in [3.05, 3.63) is 35.9 Å². The van der Waals surface area contributed by atoms with Crippen LogP contribution >= 0.6 is 11.8 Å². The molecule has 4 N–H and O–H groups in total. The molecule has 7 heteroatoms. The molecule has 1 amide bonds. The minimum atomic E-state index is -1.18. The Labute approximate surface area is 127 Å². The molecule has 1 aliphatic rings. The fraction of sp³-hybridized carbons (Fsp3) is 0.500. The normalized spacial score (nSPS) is 32.7. The Morgan fingerprint density at radius 2 is 1.95 bits per heavy atom. The van der Waals surface area contributed by atoms with Gasteiger partial charge in [-0.15, -0.1) is 11.8 Å². The summed E-state index contributed by atoms with van der Waals surface area (Å²) in [4.78, 5) is 12.2. The molecule has 1 aromatic carbocycles. The Morgan fingerprint density at radius 3 is 2.52 bits per heavy atom. The molecule has 0 aliphatic carbocycles. The van der Waals surface area contributed by atoms with Crippen LogP contribution < -0.4 is 5.32 Å². The van der Waals surface area contributed by atoms with E-state index in [0.29, 0.717) is 5.56 Å². The largest absolute Gasteiger partial charge is 0.394 e. The molecular weight excluding hydrogens is 294 g/mol. The van der Waals surface area contributed by atoms with E-state index in [9.17, 15) is 20.1 Å². The topological polar surface area (TPSA) is 99.0 Å². The molecule has 116 valence electrons. The molecule has 1 saturated heterocycles. The molecule has 0 saturated carbocycles. The Kier molecular flexibility index (Phi) is 5.60. The lowest BCUT2D eigenvalue weighted by molar-refractivity contribution is -0.164. The number of nitrogens with one attached hydrogen (secondary N) is 1. The molecule has 5 unspecified atom stereocenters. The van der Waals surface area contributed by atoms with Gasteiger partial charge in [-0.2, -0.15) is 0 Å². The average molecular weight is 313 g/mol. The summed E-state index contributed by atoms with van der Waals surface area (Å²) in [6.07, 6.45) is -1.34. The van der Waals surface area contributed by atoms with Gasteiger partial charge in [-0.1, -0.05) is 18.2 Å². The molecule has 1 fully saturated rings. The lowest BCUT2D eigenvalue weighted by atomic mass is 9.97. The van der Waals surface area contributed by atoms with Crippen LogP contribution in [0.25, 0.3) is 0 Å². The summed E-state index contributed by atoms with van der Waals surface area (Å²) >= 11 is 1.26. The van der Waals surface area contributed by atoms with Crippen molar-refractivity contribution in [2.24, 2.45) is 0 Å². The molecule has 1 aliphatic heterocycles. The first-order valence-electron chi connectivity index (χ1n) is 6.59. The highest BCUT2D eigenvalue weighted by atomic mass is 32.2. The lowest BCUT2D eigenvalue weighted by Crippen LogP contribution is -2.63. The van der Waals surface area contributed by atoms with Gasteiger partial charge in [0.2, 0.25) is 0 Å². The number of thioether (sulfide) groups is 1. The molecule has 6 nitrogen and oxygen atoms in total. The monoisotopic (exact) mass is 313 g/mol. The molecule has 2 rings (SSSR count). The van der Waals surface area contributed by atoms with E-state index in [0.717, 1.165) is 0 Å². The van der Waals surface area contributed by atoms with E-state index in [-0.39, 0.29) is 6.61 Å². The quantitative estimate of drug-likeness (QED) is 0.603. The molecule has 21 heavy (non-hydrogen) atoms. The van der Waals surface area contributed by atoms with Gasteiger partial charge < -0.3 is 25.4 Å². The predicted octanol–water partition coefficient (Wildman–Crippen LogP) is -0.413. The van der Waals surface area contributed by atoms with E-state index in [4.69, 9.17) is 4.74 Å². The van der Waals surface area contributed by atoms with E-state index in [2.05, 4.69) is 5.32 Å². The van der Waals surface area contributed by atoms with Crippen molar-refractivity contribution in [1.82, 2.24) is 5.32 Å². The average Bonchev–Trinajstić information content (AvgIpc) is 2.52. The highest BCUT2D eigenvalue weighted by molar-refractivity contribution is 7.99. The van der Waals surface area contributed by atoms with Crippen LogP contribution in [0, 0.1) is 0 Å². The SMILES string of the molecule is CSC1OC(CO)C(O)C(NC(=O)c2ccccc2)C1O. The molecular formula is C14H19NO5S. The van der Waals surface area contributed by atoms with Gasteiger partial charge in [-0.25, -0.2) is 0 Å². The third-order valence-corrected chi connectivity index (χ3v) is 4.31. The summed E-state index contributed by atoms with van der Waals surface area (Å²) in [6.45, 7) is -0.386. The molecule has 0 spiro atoms. The number of aliphatic hydroxyl groups excluding tert-OH is 3. The van der Waals surface area contributed by atoms with Crippen molar-refractivity contribution in [1.29, 1.82) is 0 Å². The van der Waals surface area contributed by atoms with Crippen LogP contribution in [0.2, 0.25) is 0 Å². The number of carbonyl (C=O) groups is 1. The second kappa shape index (κ2) is 7.24. The first-order chi connectivity index (χ1) is 10.1. The van der Waals surface area contributed by atoms with E-state index >= 15 is 0 Å². The summed E-state index contributed by atoms with van der Waals surface area (Å²) in [5.41, 5.74) is -0.184. The number of hydrogen-bond acceptors (Lipinski definition) is 6. The third-order valence-electron chi connectivity index (χ3n) is 3.45. The third kappa shape index (κ3) is 3.56. The molecule has 0 radical (unpaired) electrons. The van der Waals surface area contributed by atoms with Gasteiger partial charge >= 0.3 is 0 Å². The van der Waals surface area contributed by atoms with Crippen molar-refractivity contribution < 1.29 is 24.9 Å². The Hall–Kier alpha value is -1.12. The smallest absolute Gasteiger partial charge is 0.251 e. The number of amides is 1. The maximum absolute atomic E-state index is 12.2. The minimum Gasteiger partial charge on any atom is -0.394 e. The first-order valence-corrected chi connectivity index (χ1v) is 7.88. The molecule has 1 aromatic rings. The first kappa shape index (κ1) is 16.3. The van der Waals surface area contributed by atoms with Crippen molar-refractivity contribution in [2.75, 3.05) is 12.9 Å². The maximum atomic E-state index is 12.2. The minimum absolute atomic E-state index is 0.386. The van der Waals surface area contributed by atoms with Crippen LogP contribution in [-0.2, 0) is 4.74 Å². The van der Waals surface area contributed by atoms with Crippen molar-refractivity contribution in [3.63, 3.8) is 0 Å². The van der Waals surface area contributed by atoms with Crippen LogP contribution in [-0.4, -0.2) is 63.9 Å². The van der Waals surface area contributed by atoms with Crippen LogP contribution in [0.1, 0.15) is 10.4 Å². The number of hydrogen-bond donors (Lipinski definition) is 4. The van der Waals surface area contributed by atoms with Gasteiger partial charge in [0.1, 0.15) is 23.7 Å². The summed E-state index contributed by atoms with van der Waals surface area (Å²) < 4.78 is 5.39. The van der Waals surface area contributed by atoms with Crippen molar-refractivity contribution in [3.8, 4) is 0 Å². The van der Waals surface area contributed by atoms with Crippen molar-refractivity contribution in [2.45, 2.75) is 29.8 Å². The number of aliphatic hydroxyl groups is 3. The number of carbonyl (C=O) groups excluding carboxylic acids is 1. The zero-order valence-corrected chi connectivity index (χ0v) is 12.4. The van der Waals surface area contributed by atoms with E-state index < -0.39 is 35.7 Å². The lowest BCUT2D eigenvalue weighted by Gasteiger charge is -2.42. The summed E-state index contributed by atoms with van der Waals surface area (Å²) in [5.74, 6) is -0.392. The second-order valence-corrected chi connectivity index (χ2v) is 5.74. The van der Waals surface area contributed by atoms with Crippen LogP contribution in [0.5, 0.6) is 0 Å².